The molecule has 1 unspecified atom stereocenters. The monoisotopic (exact) mass is 291 g/mol. The molecule has 0 spiro atoms. The molecule has 114 valence electrons. The van der Waals surface area contributed by atoms with Crippen molar-refractivity contribution >= 4 is 17.5 Å². The molecule has 3 rings (SSSR count). The molecule has 1 aliphatic rings. The fraction of sp³-hybridized carbons (Fsp3) is 0.333. The van der Waals surface area contributed by atoms with Crippen molar-refractivity contribution in [1.29, 1.82) is 0 Å². The van der Waals surface area contributed by atoms with E-state index in [0.717, 1.165) is 0 Å². The molecule has 1 aliphatic heterocycles. The number of para-hydroxylation sites is 1. The van der Waals surface area contributed by atoms with E-state index in [0.29, 0.717) is 6.04 Å². The van der Waals surface area contributed by atoms with E-state index >= 15 is 0 Å². The molecular weight excluding hydrogens is 266 g/mol. The lowest BCUT2D eigenvalue weighted by Gasteiger charge is -2.38. The molecule has 0 saturated carbocycles. The lowest BCUT2D eigenvalue weighted by molar-refractivity contribution is 0.618. The first-order valence-corrected chi connectivity index (χ1v) is 8.19. The third-order valence-corrected chi connectivity index (χ3v) is 4.52. The highest BCUT2D eigenvalue weighted by Crippen LogP contribution is 2.39. The van der Waals surface area contributed by atoms with Gasteiger partial charge in [0.25, 0.3) is 0 Å². The average Bonchev–Trinajstić information content (AvgIpc) is 2.49. The van der Waals surface area contributed by atoms with Gasteiger partial charge in [0.15, 0.2) is 0 Å². The van der Waals surface area contributed by atoms with Crippen LogP contribution in [0.15, 0.2) is 48.0 Å². The molecule has 0 N–H and O–H groups in total. The molecule has 1 heteroatoms. The van der Waals surface area contributed by atoms with E-state index in [9.17, 15) is 0 Å². The quantitative estimate of drug-likeness (QED) is 0.666. The van der Waals surface area contributed by atoms with Crippen LogP contribution in [-0.4, -0.2) is 6.04 Å². The Bertz CT molecular complexity index is 708. The molecule has 0 aliphatic carbocycles. The van der Waals surface area contributed by atoms with Crippen molar-refractivity contribution < 1.29 is 0 Å². The van der Waals surface area contributed by atoms with Crippen LogP contribution in [0, 0.1) is 6.92 Å². The minimum absolute atomic E-state index is 0.529. The van der Waals surface area contributed by atoms with E-state index < -0.39 is 0 Å². The zero-order valence-electron chi connectivity index (χ0n) is 14.1. The van der Waals surface area contributed by atoms with Gasteiger partial charge in [0.1, 0.15) is 0 Å². The third kappa shape index (κ3) is 2.68. The van der Waals surface area contributed by atoms with E-state index in [-0.39, 0.29) is 0 Å². The number of benzene rings is 2. The number of hydrogen-bond donors (Lipinski definition) is 0. The average molecular weight is 291 g/mol. The number of fused-ring (bicyclic) bond motifs is 1. The Hall–Kier alpha value is -2.02. The summed E-state index contributed by atoms with van der Waals surface area (Å²) in [5.41, 5.74) is 8.20. The van der Waals surface area contributed by atoms with Crippen LogP contribution in [-0.2, 0) is 6.42 Å². The second-order valence-corrected chi connectivity index (χ2v) is 6.62. The molecule has 0 aromatic heterocycles. The van der Waals surface area contributed by atoms with Crippen LogP contribution < -0.4 is 4.90 Å². The van der Waals surface area contributed by atoms with Gasteiger partial charge in [0.05, 0.1) is 0 Å². The summed E-state index contributed by atoms with van der Waals surface area (Å²) in [6, 6.07) is 16.0. The Morgan fingerprint density at radius 3 is 2.55 bits per heavy atom. The second kappa shape index (κ2) is 6.00. The Balaban J connectivity index is 2.19. The van der Waals surface area contributed by atoms with E-state index in [2.05, 4.69) is 81.1 Å². The smallest absolute Gasteiger partial charge is 0.0489 e. The van der Waals surface area contributed by atoms with Gasteiger partial charge in [-0.3, -0.25) is 0 Å². The zero-order chi connectivity index (χ0) is 15.7. The van der Waals surface area contributed by atoms with Crippen LogP contribution in [0.2, 0.25) is 0 Å². The summed E-state index contributed by atoms with van der Waals surface area (Å²) in [4.78, 5) is 2.53. The van der Waals surface area contributed by atoms with Crippen LogP contribution in [0.1, 0.15) is 43.9 Å². The number of aryl methyl sites for hydroxylation is 2. The highest BCUT2D eigenvalue weighted by molar-refractivity contribution is 5.78. The topological polar surface area (TPSA) is 3.24 Å². The van der Waals surface area contributed by atoms with Crippen molar-refractivity contribution in [3.05, 3.63) is 64.7 Å². The van der Waals surface area contributed by atoms with Gasteiger partial charge in [-0.1, -0.05) is 42.0 Å². The minimum Gasteiger partial charge on any atom is -0.338 e. The first-order chi connectivity index (χ1) is 10.6. The zero-order valence-corrected chi connectivity index (χ0v) is 14.1. The maximum atomic E-state index is 2.53. The van der Waals surface area contributed by atoms with Gasteiger partial charge in [0.2, 0.25) is 0 Å². The van der Waals surface area contributed by atoms with Gasteiger partial charge in [-0.25, -0.2) is 0 Å². The van der Waals surface area contributed by atoms with Gasteiger partial charge < -0.3 is 4.90 Å². The Morgan fingerprint density at radius 2 is 1.77 bits per heavy atom. The van der Waals surface area contributed by atoms with E-state index in [1.807, 2.05) is 0 Å². The third-order valence-electron chi connectivity index (χ3n) is 4.52. The van der Waals surface area contributed by atoms with Crippen molar-refractivity contribution in [2.24, 2.45) is 0 Å². The largest absolute Gasteiger partial charge is 0.338 e. The molecule has 22 heavy (non-hydrogen) atoms. The summed E-state index contributed by atoms with van der Waals surface area (Å²) in [6.07, 6.45) is 4.70. The highest BCUT2D eigenvalue weighted by atomic mass is 15.2. The van der Waals surface area contributed by atoms with Crippen molar-refractivity contribution in [3.63, 3.8) is 0 Å². The van der Waals surface area contributed by atoms with Gasteiger partial charge in [-0.05, 0) is 63.8 Å². The molecule has 0 amide bonds. The predicted octanol–water partition coefficient (Wildman–Crippen LogP) is 5.89. The molecule has 1 nitrogen and oxygen atoms in total. The van der Waals surface area contributed by atoms with Gasteiger partial charge >= 0.3 is 0 Å². The van der Waals surface area contributed by atoms with E-state index in [1.54, 1.807) is 0 Å². The maximum absolute atomic E-state index is 2.53. The molecule has 1 heterocycles. The van der Waals surface area contributed by atoms with Crippen molar-refractivity contribution in [2.75, 3.05) is 4.90 Å². The lowest BCUT2D eigenvalue weighted by atomic mass is 9.94. The molecule has 0 saturated heterocycles. The van der Waals surface area contributed by atoms with Crippen LogP contribution in [0.25, 0.3) is 6.08 Å². The normalized spacial score (nSPS) is 17.1. The molecular formula is C21H25N. The van der Waals surface area contributed by atoms with Crippen LogP contribution in [0.3, 0.4) is 0 Å². The fourth-order valence-corrected chi connectivity index (χ4v) is 3.41. The second-order valence-electron chi connectivity index (χ2n) is 6.62. The summed E-state index contributed by atoms with van der Waals surface area (Å²) in [6.45, 7) is 8.89. The summed E-state index contributed by atoms with van der Waals surface area (Å²) in [5, 5.41) is 0. The standard InChI is InChI=1S/C21H25N/c1-15(2)14-19-16(3)8-7-11-21(19)22-17(4)12-13-18-9-5-6-10-20(18)22/h5-11,14,17H,12-13H2,1-4H3. The van der Waals surface area contributed by atoms with Crippen LogP contribution >= 0.6 is 0 Å². The van der Waals surface area contributed by atoms with Crippen molar-refractivity contribution in [3.8, 4) is 0 Å². The first-order valence-electron chi connectivity index (χ1n) is 8.19. The molecule has 2 aromatic carbocycles. The molecule has 1 atom stereocenters. The first kappa shape index (κ1) is 14.9. The number of anilines is 2. The Kier molecular flexibility index (Phi) is 4.06. The summed E-state index contributed by atoms with van der Waals surface area (Å²) >= 11 is 0. The summed E-state index contributed by atoms with van der Waals surface area (Å²) < 4.78 is 0. The van der Waals surface area contributed by atoms with Crippen molar-refractivity contribution in [2.45, 2.75) is 46.6 Å². The highest BCUT2D eigenvalue weighted by Gasteiger charge is 2.25. The van der Waals surface area contributed by atoms with E-state index in [1.165, 1.54) is 46.5 Å². The van der Waals surface area contributed by atoms with Crippen LogP contribution in [0.4, 0.5) is 11.4 Å². The van der Waals surface area contributed by atoms with Gasteiger partial charge in [0, 0.05) is 23.0 Å². The number of hydrogen-bond acceptors (Lipinski definition) is 1. The van der Waals surface area contributed by atoms with Crippen LogP contribution in [0.5, 0.6) is 0 Å². The molecule has 0 radical (unpaired) electrons. The van der Waals surface area contributed by atoms with Gasteiger partial charge in [-0.15, -0.1) is 0 Å². The molecule has 2 aromatic rings. The van der Waals surface area contributed by atoms with E-state index in [4.69, 9.17) is 0 Å². The Morgan fingerprint density at radius 1 is 1.05 bits per heavy atom. The number of nitrogens with zero attached hydrogens (tertiary/aromatic N) is 1. The van der Waals surface area contributed by atoms with Gasteiger partial charge in [-0.2, -0.15) is 0 Å². The minimum atomic E-state index is 0.529. The van der Waals surface area contributed by atoms with Crippen molar-refractivity contribution in [1.82, 2.24) is 0 Å². The summed E-state index contributed by atoms with van der Waals surface area (Å²) in [7, 11) is 0. The fourth-order valence-electron chi connectivity index (χ4n) is 3.41. The maximum Gasteiger partial charge on any atom is 0.0489 e. The Labute approximate surface area is 134 Å². The summed E-state index contributed by atoms with van der Waals surface area (Å²) in [5.74, 6) is 0. The molecule has 0 bridgehead atoms. The number of allylic oxidation sites excluding steroid dienone is 1. The predicted molar refractivity (Wildman–Crippen MR) is 96.9 cm³/mol. The molecule has 0 fully saturated rings. The number of rotatable bonds is 2. The lowest BCUT2D eigenvalue weighted by Crippen LogP contribution is -2.33. The SMILES string of the molecule is CC(C)=Cc1c(C)cccc1N1c2ccccc2CCC1C.